The van der Waals surface area contributed by atoms with Crippen molar-refractivity contribution in [2.45, 2.75) is 38.9 Å². The van der Waals surface area contributed by atoms with Crippen LogP contribution >= 0.6 is 0 Å². The Bertz CT molecular complexity index is 721. The average Bonchev–Trinajstić information content (AvgIpc) is 2.69. The summed E-state index contributed by atoms with van der Waals surface area (Å²) in [5.74, 6) is -0.229. The second kappa shape index (κ2) is 9.13. The molecule has 27 heavy (non-hydrogen) atoms. The van der Waals surface area contributed by atoms with Crippen LogP contribution in [0.3, 0.4) is 0 Å². The Morgan fingerprint density at radius 3 is 2.19 bits per heavy atom. The van der Waals surface area contributed by atoms with Crippen molar-refractivity contribution in [3.63, 3.8) is 0 Å². The largest absolute Gasteiger partial charge is 0.466 e. The fourth-order valence-corrected chi connectivity index (χ4v) is 6.89. The quantitative estimate of drug-likeness (QED) is 0.438. The van der Waals surface area contributed by atoms with E-state index in [1.54, 1.807) is 0 Å². The van der Waals surface area contributed by atoms with Gasteiger partial charge in [0.25, 0.3) is 0 Å². The number of hydrogen-bond acceptors (Lipinski definition) is 4. The summed E-state index contributed by atoms with van der Waals surface area (Å²) in [6.07, 6.45) is 4.57. The molecule has 2 unspecified atom stereocenters. The van der Waals surface area contributed by atoms with Gasteiger partial charge >= 0.3 is 14.5 Å². The summed E-state index contributed by atoms with van der Waals surface area (Å²) in [7, 11) is -2.95. The van der Waals surface area contributed by atoms with E-state index in [4.69, 9.17) is 13.6 Å². The van der Waals surface area contributed by atoms with E-state index in [-0.39, 0.29) is 24.6 Å². The highest BCUT2D eigenvalue weighted by Gasteiger charge is 2.50. The lowest BCUT2D eigenvalue weighted by atomic mass is 10.1. The Hall–Kier alpha value is -2.21. The third-order valence-corrected chi connectivity index (χ3v) is 8.05. The number of benzene rings is 2. The third-order valence-electron chi connectivity index (χ3n) is 4.56. The van der Waals surface area contributed by atoms with Gasteiger partial charge in [0.1, 0.15) is 0 Å². The van der Waals surface area contributed by atoms with Crippen LogP contribution in [-0.2, 0) is 18.4 Å². The number of allylic oxidation sites excluding steroid dienone is 1. The third kappa shape index (κ3) is 4.56. The van der Waals surface area contributed by atoms with Crippen molar-refractivity contribution in [1.82, 2.24) is 0 Å². The summed E-state index contributed by atoms with van der Waals surface area (Å²) in [5, 5.41) is 2.08. The fraction of sp³-hybridized carbons (Fsp3) is 0.318. The Balaban J connectivity index is 2.03. The zero-order valence-electron chi connectivity index (χ0n) is 15.8. The van der Waals surface area contributed by atoms with Crippen LogP contribution in [0.15, 0.2) is 72.8 Å². The van der Waals surface area contributed by atoms with Crippen LogP contribution in [0.2, 0.25) is 0 Å². The number of carbonyl (C=O) groups is 1. The Kier molecular flexibility index (Phi) is 6.61. The predicted molar refractivity (Wildman–Crippen MR) is 108 cm³/mol. The summed E-state index contributed by atoms with van der Waals surface area (Å²) < 4.78 is 18.4. The van der Waals surface area contributed by atoms with Crippen LogP contribution in [-0.4, -0.2) is 33.3 Å². The smallest absolute Gasteiger partial charge is 0.407 e. The van der Waals surface area contributed by atoms with Crippen LogP contribution in [0.25, 0.3) is 0 Å². The van der Waals surface area contributed by atoms with E-state index < -0.39 is 8.56 Å². The molecule has 0 spiro atoms. The molecule has 1 heterocycles. The highest BCUT2D eigenvalue weighted by Crippen LogP contribution is 2.27. The Labute approximate surface area is 162 Å². The van der Waals surface area contributed by atoms with Crippen LogP contribution in [0, 0.1) is 0 Å². The standard InChI is InChI=1S/C22H26O4Si/c1-3-11-18-16-19(17-22(23)24-4-2)26-27(25-18,20-12-7-5-8-13-20)21-14-9-6-10-15-21/h3,5-15,18-19H,4,16-17H2,1-2H3/b11-3+. The van der Waals surface area contributed by atoms with Gasteiger partial charge in [-0.05, 0) is 24.2 Å². The van der Waals surface area contributed by atoms with Crippen molar-refractivity contribution in [1.29, 1.82) is 0 Å². The average molecular weight is 383 g/mol. The molecule has 1 aliphatic rings. The van der Waals surface area contributed by atoms with Gasteiger partial charge in [-0.3, -0.25) is 4.79 Å². The molecule has 2 aromatic rings. The molecule has 1 aliphatic heterocycles. The molecule has 0 bridgehead atoms. The minimum absolute atomic E-state index is 0.102. The summed E-state index contributed by atoms with van der Waals surface area (Å²) in [5.41, 5.74) is 0. The number of esters is 1. The molecule has 1 saturated heterocycles. The van der Waals surface area contributed by atoms with Gasteiger partial charge in [0, 0.05) is 6.42 Å². The normalized spacial score (nSPS) is 21.9. The summed E-state index contributed by atoms with van der Waals surface area (Å²) in [6.45, 7) is 4.17. The fourth-order valence-electron chi connectivity index (χ4n) is 3.45. The zero-order chi connectivity index (χ0) is 19.1. The summed E-state index contributed by atoms with van der Waals surface area (Å²) >= 11 is 0. The van der Waals surface area contributed by atoms with Gasteiger partial charge in [-0.1, -0.05) is 72.8 Å². The van der Waals surface area contributed by atoms with Gasteiger partial charge in [0.05, 0.1) is 25.2 Å². The first kappa shape index (κ1) is 19.5. The van der Waals surface area contributed by atoms with Crippen LogP contribution in [0.4, 0.5) is 0 Å². The number of ether oxygens (including phenoxy) is 1. The lowest BCUT2D eigenvalue weighted by molar-refractivity contribution is -0.146. The first-order chi connectivity index (χ1) is 13.2. The van der Waals surface area contributed by atoms with E-state index in [1.807, 2.05) is 62.4 Å². The van der Waals surface area contributed by atoms with Crippen molar-refractivity contribution in [3.05, 3.63) is 72.8 Å². The zero-order valence-corrected chi connectivity index (χ0v) is 16.8. The molecule has 4 nitrogen and oxygen atoms in total. The molecule has 1 fully saturated rings. The minimum atomic E-state index is -2.95. The SMILES string of the molecule is C/C=C/C1CC(CC(=O)OCC)O[Si](c2ccccc2)(c2ccccc2)O1. The van der Waals surface area contributed by atoms with Crippen LogP contribution in [0.1, 0.15) is 26.7 Å². The van der Waals surface area contributed by atoms with Gasteiger partial charge in [-0.15, -0.1) is 0 Å². The molecule has 5 heteroatoms. The molecule has 2 atom stereocenters. The molecule has 0 radical (unpaired) electrons. The molecule has 0 aliphatic carbocycles. The highest BCUT2D eigenvalue weighted by molar-refractivity contribution is 6.92. The van der Waals surface area contributed by atoms with Gasteiger partial charge in [-0.25, -0.2) is 0 Å². The maximum absolute atomic E-state index is 12.1. The molecular formula is C22H26O4Si. The molecule has 0 N–H and O–H groups in total. The number of rotatable bonds is 6. The topological polar surface area (TPSA) is 44.8 Å². The molecule has 142 valence electrons. The van der Waals surface area contributed by atoms with E-state index in [2.05, 4.69) is 24.3 Å². The summed E-state index contributed by atoms with van der Waals surface area (Å²) in [4.78, 5) is 12.1. The summed E-state index contributed by atoms with van der Waals surface area (Å²) in [6, 6.07) is 20.2. The number of hydrogen-bond donors (Lipinski definition) is 0. The molecule has 0 aromatic heterocycles. The van der Waals surface area contributed by atoms with Crippen molar-refractivity contribution in [2.24, 2.45) is 0 Å². The Morgan fingerprint density at radius 2 is 1.67 bits per heavy atom. The van der Waals surface area contributed by atoms with Gasteiger partial charge in [-0.2, -0.15) is 0 Å². The van der Waals surface area contributed by atoms with Crippen molar-refractivity contribution < 1.29 is 18.4 Å². The van der Waals surface area contributed by atoms with E-state index in [0.29, 0.717) is 13.0 Å². The van der Waals surface area contributed by atoms with Crippen molar-refractivity contribution in [2.75, 3.05) is 6.61 Å². The lowest BCUT2D eigenvalue weighted by Crippen LogP contribution is -2.68. The van der Waals surface area contributed by atoms with Gasteiger partial charge in [0.2, 0.25) is 0 Å². The van der Waals surface area contributed by atoms with E-state index in [9.17, 15) is 4.79 Å². The van der Waals surface area contributed by atoms with Gasteiger partial charge in [0.15, 0.2) is 0 Å². The monoisotopic (exact) mass is 382 g/mol. The van der Waals surface area contributed by atoms with E-state index in [1.165, 1.54) is 0 Å². The molecule has 0 amide bonds. The molecule has 0 saturated carbocycles. The first-order valence-electron chi connectivity index (χ1n) is 9.43. The number of carbonyl (C=O) groups excluding carboxylic acids is 1. The maximum Gasteiger partial charge on any atom is 0.407 e. The minimum Gasteiger partial charge on any atom is -0.466 e. The highest BCUT2D eigenvalue weighted by atomic mass is 28.4. The lowest BCUT2D eigenvalue weighted by Gasteiger charge is -2.42. The Morgan fingerprint density at radius 1 is 1.07 bits per heavy atom. The van der Waals surface area contributed by atoms with Gasteiger partial charge < -0.3 is 13.6 Å². The van der Waals surface area contributed by atoms with E-state index >= 15 is 0 Å². The van der Waals surface area contributed by atoms with Crippen molar-refractivity contribution in [3.8, 4) is 0 Å². The predicted octanol–water partition coefficient (Wildman–Crippen LogP) is 2.95. The first-order valence-corrected chi connectivity index (χ1v) is 11.2. The molecule has 3 rings (SSSR count). The molecular weight excluding hydrogens is 356 g/mol. The van der Waals surface area contributed by atoms with E-state index in [0.717, 1.165) is 10.4 Å². The van der Waals surface area contributed by atoms with Crippen molar-refractivity contribution >= 4 is 24.9 Å². The molecule has 2 aromatic carbocycles. The maximum atomic E-state index is 12.1. The van der Waals surface area contributed by atoms with Crippen LogP contribution in [0.5, 0.6) is 0 Å². The second-order valence-electron chi connectivity index (χ2n) is 6.52. The second-order valence-corrected chi connectivity index (χ2v) is 9.37. The van der Waals surface area contributed by atoms with Crippen LogP contribution < -0.4 is 10.4 Å².